The summed E-state index contributed by atoms with van der Waals surface area (Å²) >= 11 is 0. The molecule has 0 radical (unpaired) electrons. The van der Waals surface area contributed by atoms with Crippen molar-refractivity contribution >= 4 is 5.57 Å². The van der Waals surface area contributed by atoms with Crippen LogP contribution in [-0.2, 0) is 0 Å². The first-order valence-electron chi connectivity index (χ1n) is 6.80. The lowest BCUT2D eigenvalue weighted by molar-refractivity contribution is 0.626. The standard InChI is InChI=1S/C16H22FN/c1-4-14(16-8-12(16)10-18-5-2)15-9-13(17)7-6-11(15)3/h4,6-7,9,12,16,18H,5,8,10H2,1-3H3/b14-4+. The second-order valence-electron chi connectivity index (χ2n) is 5.11. The van der Waals surface area contributed by atoms with Gasteiger partial charge in [-0.2, -0.15) is 0 Å². The van der Waals surface area contributed by atoms with Gasteiger partial charge in [-0.05, 0) is 74.0 Å². The minimum atomic E-state index is -0.140. The van der Waals surface area contributed by atoms with E-state index in [9.17, 15) is 4.39 Å². The predicted octanol–water partition coefficient (Wildman–Crippen LogP) is 3.78. The molecule has 1 aliphatic rings. The molecule has 0 amide bonds. The highest BCUT2D eigenvalue weighted by Gasteiger charge is 2.39. The van der Waals surface area contributed by atoms with Gasteiger partial charge in [-0.1, -0.05) is 19.1 Å². The van der Waals surface area contributed by atoms with Crippen molar-refractivity contribution in [3.63, 3.8) is 0 Å². The van der Waals surface area contributed by atoms with Crippen molar-refractivity contribution in [1.29, 1.82) is 0 Å². The summed E-state index contributed by atoms with van der Waals surface area (Å²) in [6, 6.07) is 5.08. The molecule has 1 saturated carbocycles. The van der Waals surface area contributed by atoms with E-state index in [4.69, 9.17) is 0 Å². The molecule has 1 aromatic rings. The fourth-order valence-electron chi connectivity index (χ4n) is 2.66. The van der Waals surface area contributed by atoms with Gasteiger partial charge in [-0.15, -0.1) is 0 Å². The highest BCUT2D eigenvalue weighted by Crippen LogP contribution is 2.48. The van der Waals surface area contributed by atoms with Crippen LogP contribution in [0.25, 0.3) is 5.57 Å². The van der Waals surface area contributed by atoms with E-state index in [0.29, 0.717) is 5.92 Å². The van der Waals surface area contributed by atoms with Gasteiger partial charge >= 0.3 is 0 Å². The molecule has 2 unspecified atom stereocenters. The van der Waals surface area contributed by atoms with E-state index in [-0.39, 0.29) is 5.82 Å². The fourth-order valence-corrected chi connectivity index (χ4v) is 2.66. The van der Waals surface area contributed by atoms with Crippen molar-refractivity contribution < 1.29 is 4.39 Å². The van der Waals surface area contributed by atoms with Crippen LogP contribution in [-0.4, -0.2) is 13.1 Å². The number of allylic oxidation sites excluding steroid dienone is 2. The maximum Gasteiger partial charge on any atom is 0.123 e. The lowest BCUT2D eigenvalue weighted by Crippen LogP contribution is -2.16. The molecule has 2 heteroatoms. The molecule has 98 valence electrons. The summed E-state index contributed by atoms with van der Waals surface area (Å²) in [6.45, 7) is 8.34. The topological polar surface area (TPSA) is 12.0 Å². The summed E-state index contributed by atoms with van der Waals surface area (Å²) < 4.78 is 13.4. The highest BCUT2D eigenvalue weighted by atomic mass is 19.1. The normalized spacial score (nSPS) is 23.2. The van der Waals surface area contributed by atoms with Crippen molar-refractivity contribution in [2.45, 2.75) is 27.2 Å². The lowest BCUT2D eigenvalue weighted by Gasteiger charge is -2.11. The number of hydrogen-bond acceptors (Lipinski definition) is 1. The Morgan fingerprint density at radius 1 is 1.50 bits per heavy atom. The zero-order valence-electron chi connectivity index (χ0n) is 11.5. The summed E-state index contributed by atoms with van der Waals surface area (Å²) in [7, 11) is 0. The molecule has 1 aliphatic carbocycles. The van der Waals surface area contributed by atoms with Crippen molar-refractivity contribution in [1.82, 2.24) is 5.32 Å². The van der Waals surface area contributed by atoms with Crippen LogP contribution in [0.15, 0.2) is 24.3 Å². The fraction of sp³-hybridized carbons (Fsp3) is 0.500. The molecular weight excluding hydrogens is 225 g/mol. The number of aryl methyl sites for hydroxylation is 1. The minimum absolute atomic E-state index is 0.140. The Morgan fingerprint density at radius 3 is 2.94 bits per heavy atom. The van der Waals surface area contributed by atoms with Crippen molar-refractivity contribution in [2.75, 3.05) is 13.1 Å². The Bertz CT molecular complexity index is 450. The second-order valence-corrected chi connectivity index (χ2v) is 5.11. The number of nitrogens with one attached hydrogen (secondary N) is 1. The van der Waals surface area contributed by atoms with Crippen molar-refractivity contribution in [3.05, 3.63) is 41.2 Å². The molecule has 1 nitrogen and oxygen atoms in total. The average Bonchev–Trinajstić information content (AvgIpc) is 3.11. The van der Waals surface area contributed by atoms with Gasteiger partial charge in [0, 0.05) is 0 Å². The molecule has 0 aromatic heterocycles. The van der Waals surface area contributed by atoms with E-state index < -0.39 is 0 Å². The second kappa shape index (κ2) is 5.66. The third-order valence-electron chi connectivity index (χ3n) is 3.80. The number of rotatable bonds is 5. The van der Waals surface area contributed by atoms with Crippen LogP contribution >= 0.6 is 0 Å². The molecule has 1 N–H and O–H groups in total. The van der Waals surface area contributed by atoms with Gasteiger partial charge < -0.3 is 5.32 Å². The van der Waals surface area contributed by atoms with Gasteiger partial charge in [-0.25, -0.2) is 4.39 Å². The zero-order valence-corrected chi connectivity index (χ0v) is 11.5. The van der Waals surface area contributed by atoms with Crippen LogP contribution < -0.4 is 5.32 Å². The van der Waals surface area contributed by atoms with Crippen LogP contribution in [0.5, 0.6) is 0 Å². The molecule has 2 atom stereocenters. The van der Waals surface area contributed by atoms with Gasteiger partial charge in [0.2, 0.25) is 0 Å². The van der Waals surface area contributed by atoms with Crippen LogP contribution in [0.4, 0.5) is 4.39 Å². The monoisotopic (exact) mass is 247 g/mol. The Balaban J connectivity index is 2.13. The molecule has 2 rings (SSSR count). The van der Waals surface area contributed by atoms with Gasteiger partial charge in [0.1, 0.15) is 5.82 Å². The largest absolute Gasteiger partial charge is 0.317 e. The summed E-state index contributed by atoms with van der Waals surface area (Å²) in [6.07, 6.45) is 3.38. The lowest BCUT2D eigenvalue weighted by atomic mass is 9.95. The van der Waals surface area contributed by atoms with Crippen LogP contribution in [0, 0.1) is 24.6 Å². The van der Waals surface area contributed by atoms with Crippen molar-refractivity contribution in [2.24, 2.45) is 11.8 Å². The molecule has 18 heavy (non-hydrogen) atoms. The first kappa shape index (κ1) is 13.3. The van der Waals surface area contributed by atoms with E-state index in [0.717, 1.165) is 24.6 Å². The van der Waals surface area contributed by atoms with Crippen molar-refractivity contribution in [3.8, 4) is 0 Å². The number of halogens is 1. The predicted molar refractivity (Wildman–Crippen MR) is 74.9 cm³/mol. The molecule has 1 aromatic carbocycles. The molecule has 0 spiro atoms. The van der Waals surface area contributed by atoms with Gasteiger partial charge in [0.05, 0.1) is 0 Å². The Morgan fingerprint density at radius 2 is 2.28 bits per heavy atom. The van der Waals surface area contributed by atoms with E-state index in [1.807, 2.05) is 6.07 Å². The quantitative estimate of drug-likeness (QED) is 0.835. The first-order valence-corrected chi connectivity index (χ1v) is 6.80. The van der Waals surface area contributed by atoms with Crippen LogP contribution in [0.2, 0.25) is 0 Å². The van der Waals surface area contributed by atoms with Crippen LogP contribution in [0.1, 0.15) is 31.4 Å². The smallest absolute Gasteiger partial charge is 0.123 e. The van der Waals surface area contributed by atoms with E-state index in [1.165, 1.54) is 23.6 Å². The number of hydrogen-bond donors (Lipinski definition) is 1. The average molecular weight is 247 g/mol. The number of benzene rings is 1. The first-order chi connectivity index (χ1) is 8.67. The Kier molecular flexibility index (Phi) is 4.18. The molecule has 0 bridgehead atoms. The minimum Gasteiger partial charge on any atom is -0.317 e. The molecule has 1 fully saturated rings. The molecular formula is C16H22FN. The van der Waals surface area contributed by atoms with Crippen LogP contribution in [0.3, 0.4) is 0 Å². The molecule has 0 aliphatic heterocycles. The van der Waals surface area contributed by atoms with Gasteiger partial charge in [-0.3, -0.25) is 0 Å². The summed E-state index contributed by atoms with van der Waals surface area (Å²) in [5.74, 6) is 1.19. The summed E-state index contributed by atoms with van der Waals surface area (Å²) in [4.78, 5) is 0. The Labute approximate surface area is 109 Å². The van der Waals surface area contributed by atoms with E-state index in [1.54, 1.807) is 6.07 Å². The maximum absolute atomic E-state index is 13.4. The highest BCUT2D eigenvalue weighted by molar-refractivity contribution is 5.71. The van der Waals surface area contributed by atoms with E-state index >= 15 is 0 Å². The molecule has 0 saturated heterocycles. The molecule has 0 heterocycles. The summed E-state index contributed by atoms with van der Waals surface area (Å²) in [5.41, 5.74) is 3.56. The SMILES string of the molecule is C/C=C(\c1cc(F)ccc1C)C1CC1CNCC. The van der Waals surface area contributed by atoms with Gasteiger partial charge in [0.15, 0.2) is 0 Å². The third kappa shape index (κ3) is 2.81. The third-order valence-corrected chi connectivity index (χ3v) is 3.80. The zero-order chi connectivity index (χ0) is 13.1. The Hall–Kier alpha value is -1.15. The summed E-state index contributed by atoms with van der Waals surface area (Å²) in [5, 5.41) is 3.40. The van der Waals surface area contributed by atoms with Gasteiger partial charge in [0.25, 0.3) is 0 Å². The van der Waals surface area contributed by atoms with E-state index in [2.05, 4.69) is 32.2 Å². The maximum atomic E-state index is 13.4.